The quantitative estimate of drug-likeness (QED) is 0.470. The Morgan fingerprint density at radius 3 is 2.57 bits per heavy atom. The molecule has 2 aliphatic rings. The highest BCUT2D eigenvalue weighted by atomic mass is 35.5. The Labute approximate surface area is 221 Å². The van der Waals surface area contributed by atoms with Gasteiger partial charge in [0, 0.05) is 37.6 Å². The Bertz CT molecular complexity index is 1450. The summed E-state index contributed by atoms with van der Waals surface area (Å²) in [6.45, 7) is 5.11. The van der Waals surface area contributed by atoms with Gasteiger partial charge < -0.3 is 14.4 Å². The minimum absolute atomic E-state index is 0.156. The molecule has 0 spiro atoms. The SMILES string of the molecule is CC(C)S(=O)(=O)N1CCN(c2cnn(-c3cccc(Cl)c3)c(=O)c2OC2COc3ccccc3C2)CC1. The van der Waals surface area contributed by atoms with Crippen LogP contribution in [0.25, 0.3) is 5.69 Å². The monoisotopic (exact) mass is 544 g/mol. The molecule has 37 heavy (non-hydrogen) atoms. The predicted molar refractivity (Wildman–Crippen MR) is 143 cm³/mol. The van der Waals surface area contributed by atoms with Crippen LogP contribution in [-0.4, -0.2) is 66.6 Å². The smallest absolute Gasteiger partial charge is 0.316 e. The fourth-order valence-corrected chi connectivity index (χ4v) is 6.03. The van der Waals surface area contributed by atoms with Crippen LogP contribution in [0.3, 0.4) is 0 Å². The van der Waals surface area contributed by atoms with E-state index in [9.17, 15) is 13.2 Å². The van der Waals surface area contributed by atoms with Crippen molar-refractivity contribution in [2.75, 3.05) is 37.7 Å². The predicted octanol–water partition coefficient (Wildman–Crippen LogP) is 3.13. The number of sulfonamides is 1. The van der Waals surface area contributed by atoms with Gasteiger partial charge in [0.2, 0.25) is 15.8 Å². The van der Waals surface area contributed by atoms with E-state index < -0.39 is 20.8 Å². The molecular formula is C26H29ClN4O5S. The molecule has 196 valence electrons. The molecule has 1 aromatic heterocycles. The highest BCUT2D eigenvalue weighted by molar-refractivity contribution is 7.89. The van der Waals surface area contributed by atoms with Gasteiger partial charge >= 0.3 is 5.56 Å². The first-order chi connectivity index (χ1) is 17.7. The Balaban J connectivity index is 1.47. The largest absolute Gasteiger partial charge is 0.489 e. The van der Waals surface area contributed by atoms with Crippen molar-refractivity contribution in [1.29, 1.82) is 0 Å². The van der Waals surface area contributed by atoms with E-state index in [0.717, 1.165) is 11.3 Å². The number of hydrogen-bond acceptors (Lipinski definition) is 7. The fourth-order valence-electron chi connectivity index (χ4n) is 4.58. The van der Waals surface area contributed by atoms with E-state index in [-0.39, 0.29) is 11.9 Å². The summed E-state index contributed by atoms with van der Waals surface area (Å²) in [7, 11) is -3.36. The third kappa shape index (κ3) is 5.18. The molecule has 0 aliphatic carbocycles. The Morgan fingerprint density at radius 2 is 1.84 bits per heavy atom. The van der Waals surface area contributed by atoms with Crippen LogP contribution in [-0.2, 0) is 16.4 Å². The summed E-state index contributed by atoms with van der Waals surface area (Å²) >= 11 is 6.16. The molecule has 1 atom stereocenters. The van der Waals surface area contributed by atoms with Gasteiger partial charge in [-0.25, -0.2) is 8.42 Å². The lowest BCUT2D eigenvalue weighted by Gasteiger charge is -2.37. The molecule has 11 heteroatoms. The second-order valence-corrected chi connectivity index (χ2v) is 12.3. The number of halogens is 1. The number of aromatic nitrogens is 2. The van der Waals surface area contributed by atoms with Gasteiger partial charge in [0.05, 0.1) is 17.1 Å². The van der Waals surface area contributed by atoms with Gasteiger partial charge in [-0.15, -0.1) is 0 Å². The third-order valence-electron chi connectivity index (χ3n) is 6.63. The van der Waals surface area contributed by atoms with E-state index in [0.29, 0.717) is 55.6 Å². The van der Waals surface area contributed by atoms with Gasteiger partial charge in [-0.1, -0.05) is 35.9 Å². The van der Waals surface area contributed by atoms with Gasteiger partial charge in [0.25, 0.3) is 0 Å². The van der Waals surface area contributed by atoms with Crippen molar-refractivity contribution in [3.05, 3.63) is 75.7 Å². The summed E-state index contributed by atoms with van der Waals surface area (Å²) in [4.78, 5) is 15.7. The molecular weight excluding hydrogens is 516 g/mol. The third-order valence-corrected chi connectivity index (χ3v) is 9.14. The zero-order valence-corrected chi connectivity index (χ0v) is 22.3. The molecule has 0 saturated carbocycles. The lowest BCUT2D eigenvalue weighted by atomic mass is 10.0. The number of para-hydroxylation sites is 1. The van der Waals surface area contributed by atoms with Gasteiger partial charge in [-0.3, -0.25) is 4.79 Å². The summed E-state index contributed by atoms with van der Waals surface area (Å²) in [5.41, 5.74) is 1.64. The number of benzene rings is 2. The molecule has 2 aliphatic heterocycles. The van der Waals surface area contributed by atoms with Crippen LogP contribution in [0.5, 0.6) is 11.5 Å². The van der Waals surface area contributed by atoms with Crippen LogP contribution in [0.1, 0.15) is 19.4 Å². The van der Waals surface area contributed by atoms with Crippen molar-refractivity contribution in [3.63, 3.8) is 0 Å². The van der Waals surface area contributed by atoms with Crippen LogP contribution < -0.4 is 19.9 Å². The molecule has 0 radical (unpaired) electrons. The maximum atomic E-state index is 13.7. The van der Waals surface area contributed by atoms with E-state index >= 15 is 0 Å². The summed E-state index contributed by atoms with van der Waals surface area (Å²) in [6, 6.07) is 14.7. The average Bonchev–Trinajstić information content (AvgIpc) is 2.89. The summed E-state index contributed by atoms with van der Waals surface area (Å²) in [5.74, 6) is 0.972. The number of rotatable bonds is 6. The minimum Gasteiger partial charge on any atom is -0.489 e. The number of ether oxygens (including phenoxy) is 2. The molecule has 0 bridgehead atoms. The number of hydrogen-bond donors (Lipinski definition) is 0. The first-order valence-corrected chi connectivity index (χ1v) is 14.1. The Morgan fingerprint density at radius 1 is 1.08 bits per heavy atom. The molecule has 1 saturated heterocycles. The number of fused-ring (bicyclic) bond motifs is 1. The molecule has 3 heterocycles. The van der Waals surface area contributed by atoms with Crippen LogP contribution in [0.15, 0.2) is 59.5 Å². The zero-order chi connectivity index (χ0) is 26.2. The standard InChI is InChI=1S/C26H29ClN4O5S/c1-18(2)37(33,34)30-12-10-29(11-13-30)23-16-28-31(21-8-5-7-20(27)15-21)26(32)25(23)36-22-14-19-6-3-4-9-24(19)35-17-22/h3-9,15-16,18,22H,10-14,17H2,1-2H3. The van der Waals surface area contributed by atoms with Crippen LogP contribution in [0.4, 0.5) is 5.69 Å². The fraction of sp³-hybridized carbons (Fsp3) is 0.385. The highest BCUT2D eigenvalue weighted by Crippen LogP contribution is 2.30. The molecule has 9 nitrogen and oxygen atoms in total. The summed E-state index contributed by atoms with van der Waals surface area (Å²) in [6.07, 6.45) is 1.82. The summed E-state index contributed by atoms with van der Waals surface area (Å²) < 4.78 is 40.3. The van der Waals surface area contributed by atoms with Crippen LogP contribution in [0.2, 0.25) is 5.02 Å². The van der Waals surface area contributed by atoms with Gasteiger partial charge in [-0.05, 0) is 43.7 Å². The van der Waals surface area contributed by atoms with E-state index in [4.69, 9.17) is 21.1 Å². The molecule has 5 rings (SSSR count). The van der Waals surface area contributed by atoms with Gasteiger partial charge in [0.1, 0.15) is 24.1 Å². The highest BCUT2D eigenvalue weighted by Gasteiger charge is 2.32. The maximum absolute atomic E-state index is 13.7. The van der Waals surface area contributed by atoms with E-state index in [1.165, 1.54) is 8.99 Å². The lowest BCUT2D eigenvalue weighted by molar-refractivity contribution is 0.110. The molecule has 2 aromatic carbocycles. The first-order valence-electron chi connectivity index (χ1n) is 12.2. The van der Waals surface area contributed by atoms with E-state index in [2.05, 4.69) is 5.10 Å². The van der Waals surface area contributed by atoms with Crippen molar-refractivity contribution >= 4 is 27.3 Å². The number of piperazine rings is 1. The van der Waals surface area contributed by atoms with Gasteiger partial charge in [-0.2, -0.15) is 14.1 Å². The van der Waals surface area contributed by atoms with Crippen molar-refractivity contribution in [3.8, 4) is 17.2 Å². The minimum atomic E-state index is -3.36. The molecule has 0 amide bonds. The van der Waals surface area contributed by atoms with Crippen molar-refractivity contribution in [1.82, 2.24) is 14.1 Å². The summed E-state index contributed by atoms with van der Waals surface area (Å²) in [5, 5.41) is 4.40. The molecule has 1 fully saturated rings. The van der Waals surface area contributed by atoms with Crippen molar-refractivity contribution in [2.24, 2.45) is 0 Å². The average molecular weight is 545 g/mol. The molecule has 1 unspecified atom stereocenters. The zero-order valence-electron chi connectivity index (χ0n) is 20.7. The topological polar surface area (TPSA) is 94.0 Å². The second-order valence-electron chi connectivity index (χ2n) is 9.40. The number of anilines is 1. The van der Waals surface area contributed by atoms with Crippen molar-refractivity contribution < 1.29 is 17.9 Å². The van der Waals surface area contributed by atoms with E-state index in [1.807, 2.05) is 29.2 Å². The molecule has 0 N–H and O–H groups in total. The molecule has 3 aromatic rings. The lowest BCUT2D eigenvalue weighted by Crippen LogP contribution is -2.51. The van der Waals surface area contributed by atoms with Gasteiger partial charge in [0.15, 0.2) is 0 Å². The van der Waals surface area contributed by atoms with Crippen molar-refractivity contribution in [2.45, 2.75) is 31.6 Å². The van der Waals surface area contributed by atoms with Crippen LogP contribution in [0, 0.1) is 0 Å². The maximum Gasteiger partial charge on any atom is 0.316 e. The Hall–Kier alpha value is -3.08. The van der Waals surface area contributed by atoms with Crippen LogP contribution >= 0.6 is 11.6 Å². The number of nitrogens with zero attached hydrogens (tertiary/aromatic N) is 4. The second kappa shape index (κ2) is 10.4. The first kappa shape index (κ1) is 25.6. The normalized spacial score (nSPS) is 18.4. The van der Waals surface area contributed by atoms with E-state index in [1.54, 1.807) is 44.3 Å². The Kier molecular flexibility index (Phi) is 7.15.